The number of carbonyl (C=O) groups excluding carboxylic acids is 1. The molecule has 0 aromatic heterocycles. The normalized spacial score (nSPS) is 15.8. The molecule has 0 saturated carbocycles. The zero-order valence-corrected chi connectivity index (χ0v) is 18.8. The minimum absolute atomic E-state index is 0.159. The predicted octanol–water partition coefficient (Wildman–Crippen LogP) is 1.82. The molecule has 0 radical (unpaired) electrons. The van der Waals surface area contributed by atoms with Gasteiger partial charge in [-0.2, -0.15) is 4.31 Å². The van der Waals surface area contributed by atoms with E-state index in [4.69, 9.17) is 0 Å². The Morgan fingerprint density at radius 2 is 1.57 bits per heavy atom. The molecule has 1 aliphatic heterocycles. The van der Waals surface area contributed by atoms with Gasteiger partial charge in [-0.25, -0.2) is 16.8 Å². The molecular formula is C20H25N3O5S2. The van der Waals surface area contributed by atoms with Crippen LogP contribution >= 0.6 is 0 Å². The van der Waals surface area contributed by atoms with Gasteiger partial charge in [0.25, 0.3) is 15.9 Å². The third kappa shape index (κ3) is 4.82. The molecule has 0 spiro atoms. The lowest BCUT2D eigenvalue weighted by molar-refractivity contribution is 0.0699. The Bertz CT molecular complexity index is 1170. The molecular weight excluding hydrogens is 426 g/mol. The highest BCUT2D eigenvalue weighted by Crippen LogP contribution is 2.24. The summed E-state index contributed by atoms with van der Waals surface area (Å²) < 4.78 is 53.2. The average molecular weight is 452 g/mol. The SMILES string of the molecule is Cc1ccc(C)c(S(=O)(=O)Nc2ccccc2C(=O)N2CCN(S(C)(=O)=O)CC2)c1. The summed E-state index contributed by atoms with van der Waals surface area (Å²) in [5.41, 5.74) is 1.83. The van der Waals surface area contributed by atoms with Crippen molar-refractivity contribution in [3.63, 3.8) is 0 Å². The van der Waals surface area contributed by atoms with E-state index in [-0.39, 0.29) is 48.2 Å². The number of benzene rings is 2. The molecule has 2 aromatic rings. The number of hydrogen-bond donors (Lipinski definition) is 1. The van der Waals surface area contributed by atoms with E-state index in [1.54, 1.807) is 43.3 Å². The summed E-state index contributed by atoms with van der Waals surface area (Å²) in [6, 6.07) is 11.6. The van der Waals surface area contributed by atoms with Crippen LogP contribution in [0.2, 0.25) is 0 Å². The third-order valence-corrected chi connectivity index (χ3v) is 7.84. The quantitative estimate of drug-likeness (QED) is 0.747. The van der Waals surface area contributed by atoms with E-state index in [0.717, 1.165) is 11.8 Å². The molecule has 8 nitrogen and oxygen atoms in total. The van der Waals surface area contributed by atoms with Crippen LogP contribution in [0.5, 0.6) is 0 Å². The van der Waals surface area contributed by atoms with E-state index in [9.17, 15) is 21.6 Å². The molecule has 0 unspecified atom stereocenters. The second-order valence-corrected chi connectivity index (χ2v) is 11.0. The molecule has 1 saturated heterocycles. The van der Waals surface area contributed by atoms with Crippen LogP contribution in [0.1, 0.15) is 21.5 Å². The Morgan fingerprint density at radius 1 is 0.933 bits per heavy atom. The molecule has 30 heavy (non-hydrogen) atoms. The van der Waals surface area contributed by atoms with Crippen LogP contribution in [-0.4, -0.2) is 64.4 Å². The molecule has 0 aliphatic carbocycles. The van der Waals surface area contributed by atoms with E-state index in [1.165, 1.54) is 9.21 Å². The number of carbonyl (C=O) groups is 1. The van der Waals surface area contributed by atoms with Crippen LogP contribution in [-0.2, 0) is 20.0 Å². The van der Waals surface area contributed by atoms with Crippen LogP contribution in [0.15, 0.2) is 47.4 Å². The van der Waals surface area contributed by atoms with Gasteiger partial charge in [-0.15, -0.1) is 0 Å². The number of sulfonamides is 2. The summed E-state index contributed by atoms with van der Waals surface area (Å²) >= 11 is 0. The van der Waals surface area contributed by atoms with Crippen molar-refractivity contribution in [2.24, 2.45) is 0 Å². The van der Waals surface area contributed by atoms with E-state index in [1.807, 2.05) is 13.0 Å². The molecule has 2 aromatic carbocycles. The van der Waals surface area contributed by atoms with Gasteiger partial charge < -0.3 is 4.90 Å². The summed E-state index contributed by atoms with van der Waals surface area (Å²) in [6.07, 6.45) is 1.14. The Kier molecular flexibility index (Phi) is 6.21. The number of para-hydroxylation sites is 1. The number of hydrogen-bond acceptors (Lipinski definition) is 5. The Morgan fingerprint density at radius 3 is 2.20 bits per heavy atom. The first-order valence-corrected chi connectivity index (χ1v) is 12.8. The van der Waals surface area contributed by atoms with Crippen molar-refractivity contribution in [2.45, 2.75) is 18.7 Å². The smallest absolute Gasteiger partial charge is 0.262 e. The molecule has 1 N–H and O–H groups in total. The lowest BCUT2D eigenvalue weighted by Gasteiger charge is -2.33. The molecule has 10 heteroatoms. The largest absolute Gasteiger partial charge is 0.336 e. The minimum atomic E-state index is -3.89. The molecule has 1 fully saturated rings. The maximum absolute atomic E-state index is 13.0. The molecule has 1 heterocycles. The summed E-state index contributed by atoms with van der Waals surface area (Å²) in [7, 11) is -7.20. The highest BCUT2D eigenvalue weighted by Gasteiger charge is 2.28. The van der Waals surface area contributed by atoms with Gasteiger partial charge in [0.15, 0.2) is 0 Å². The fourth-order valence-electron chi connectivity index (χ4n) is 3.35. The summed E-state index contributed by atoms with van der Waals surface area (Å²) in [6.45, 7) is 4.42. The standard InChI is InChI=1S/C20H25N3O5S2/c1-15-8-9-16(2)19(14-15)30(27,28)21-18-7-5-4-6-17(18)20(24)22-10-12-23(13-11-22)29(3,25)26/h4-9,14,21H,10-13H2,1-3H3. The van der Waals surface area contributed by atoms with Crippen LogP contribution in [0, 0.1) is 13.8 Å². The molecule has 3 rings (SSSR count). The van der Waals surface area contributed by atoms with Gasteiger partial charge in [0.05, 0.1) is 22.4 Å². The van der Waals surface area contributed by atoms with Gasteiger partial charge in [0, 0.05) is 26.2 Å². The number of piperazine rings is 1. The maximum Gasteiger partial charge on any atom is 0.262 e. The van der Waals surface area contributed by atoms with Gasteiger partial charge in [-0.05, 0) is 43.2 Å². The number of aryl methyl sites for hydroxylation is 2. The van der Waals surface area contributed by atoms with Crippen molar-refractivity contribution >= 4 is 31.6 Å². The van der Waals surface area contributed by atoms with E-state index >= 15 is 0 Å². The van der Waals surface area contributed by atoms with E-state index < -0.39 is 20.0 Å². The maximum atomic E-state index is 13.0. The van der Waals surface area contributed by atoms with Crippen LogP contribution in [0.25, 0.3) is 0 Å². The third-order valence-electron chi connectivity index (χ3n) is 5.03. The molecule has 162 valence electrons. The number of nitrogens with zero attached hydrogens (tertiary/aromatic N) is 2. The minimum Gasteiger partial charge on any atom is -0.336 e. The zero-order chi connectivity index (χ0) is 22.1. The van der Waals surface area contributed by atoms with Gasteiger partial charge in [0.2, 0.25) is 10.0 Å². The van der Waals surface area contributed by atoms with Crippen molar-refractivity contribution in [1.29, 1.82) is 0 Å². The first-order valence-electron chi connectivity index (χ1n) is 9.42. The number of anilines is 1. The fraction of sp³-hybridized carbons (Fsp3) is 0.350. The van der Waals surface area contributed by atoms with Gasteiger partial charge in [0.1, 0.15) is 0 Å². The van der Waals surface area contributed by atoms with Crippen molar-refractivity contribution in [2.75, 3.05) is 37.2 Å². The lowest BCUT2D eigenvalue weighted by atomic mass is 10.1. The van der Waals surface area contributed by atoms with Crippen LogP contribution in [0.4, 0.5) is 5.69 Å². The average Bonchev–Trinajstić information content (AvgIpc) is 2.69. The summed E-state index contributed by atoms with van der Waals surface area (Å²) in [4.78, 5) is 14.7. The predicted molar refractivity (Wildman–Crippen MR) is 115 cm³/mol. The highest BCUT2D eigenvalue weighted by molar-refractivity contribution is 7.92. The summed E-state index contributed by atoms with van der Waals surface area (Å²) in [5.74, 6) is -0.345. The van der Waals surface area contributed by atoms with Gasteiger partial charge >= 0.3 is 0 Å². The Hall–Kier alpha value is -2.43. The molecule has 0 bridgehead atoms. The van der Waals surface area contributed by atoms with Crippen molar-refractivity contribution in [1.82, 2.24) is 9.21 Å². The van der Waals surface area contributed by atoms with Crippen molar-refractivity contribution in [3.05, 3.63) is 59.2 Å². The van der Waals surface area contributed by atoms with E-state index in [2.05, 4.69) is 4.72 Å². The zero-order valence-electron chi connectivity index (χ0n) is 17.1. The van der Waals surface area contributed by atoms with E-state index in [0.29, 0.717) is 5.56 Å². The Balaban J connectivity index is 1.85. The van der Waals surface area contributed by atoms with Gasteiger partial charge in [-0.1, -0.05) is 24.3 Å². The van der Waals surface area contributed by atoms with Gasteiger partial charge in [-0.3, -0.25) is 9.52 Å². The summed E-state index contributed by atoms with van der Waals surface area (Å²) in [5, 5.41) is 0. The highest BCUT2D eigenvalue weighted by atomic mass is 32.2. The number of amides is 1. The molecule has 1 amide bonds. The van der Waals surface area contributed by atoms with Crippen LogP contribution < -0.4 is 4.72 Å². The number of rotatable bonds is 5. The Labute approximate surface area is 177 Å². The van der Waals surface area contributed by atoms with Crippen LogP contribution in [0.3, 0.4) is 0 Å². The first kappa shape index (κ1) is 22.3. The second-order valence-electron chi connectivity index (χ2n) is 7.37. The van der Waals surface area contributed by atoms with Crippen molar-refractivity contribution in [3.8, 4) is 0 Å². The number of nitrogens with one attached hydrogen (secondary N) is 1. The topological polar surface area (TPSA) is 104 Å². The second kappa shape index (κ2) is 8.37. The molecule has 0 atom stereocenters. The fourth-order valence-corrected chi connectivity index (χ4v) is 5.59. The monoisotopic (exact) mass is 451 g/mol. The lowest BCUT2D eigenvalue weighted by Crippen LogP contribution is -2.50. The molecule has 1 aliphatic rings. The van der Waals surface area contributed by atoms with Crippen molar-refractivity contribution < 1.29 is 21.6 Å². The first-order chi connectivity index (χ1) is 14.0.